The average molecular weight is 302 g/mol. The van der Waals surface area contributed by atoms with Gasteiger partial charge in [-0.1, -0.05) is 22.0 Å². The second-order valence-electron chi connectivity index (χ2n) is 4.03. The van der Waals surface area contributed by atoms with Gasteiger partial charge in [-0.2, -0.15) is 5.26 Å². The van der Waals surface area contributed by atoms with Gasteiger partial charge in [0.25, 0.3) is 0 Å². The first kappa shape index (κ1) is 12.6. The average Bonchev–Trinajstić information content (AvgIpc) is 2.34. The maximum Gasteiger partial charge on any atom is 0.131 e. The minimum atomic E-state index is 0.609. The number of hydrogen-bond donors (Lipinski definition) is 1. The molecule has 0 atom stereocenters. The van der Waals surface area contributed by atoms with Gasteiger partial charge in [0, 0.05) is 15.9 Å². The van der Waals surface area contributed by atoms with E-state index in [9.17, 15) is 0 Å². The second-order valence-corrected chi connectivity index (χ2v) is 4.89. The van der Waals surface area contributed by atoms with Gasteiger partial charge in [-0.25, -0.2) is 4.98 Å². The predicted octanol–water partition coefficient (Wildman–Crippen LogP) is 4.08. The van der Waals surface area contributed by atoms with E-state index < -0.39 is 0 Å². The van der Waals surface area contributed by atoms with Crippen molar-refractivity contribution in [2.24, 2.45) is 0 Å². The van der Waals surface area contributed by atoms with E-state index >= 15 is 0 Å². The first-order valence-electron chi connectivity index (χ1n) is 5.51. The van der Waals surface area contributed by atoms with E-state index in [1.54, 1.807) is 12.1 Å². The third-order valence-corrected chi connectivity index (χ3v) is 3.47. The molecule has 18 heavy (non-hydrogen) atoms. The maximum absolute atomic E-state index is 8.94. The van der Waals surface area contributed by atoms with Crippen LogP contribution in [-0.4, -0.2) is 4.98 Å². The number of nitrogens with zero attached hydrogens (tertiary/aromatic N) is 2. The van der Waals surface area contributed by atoms with Gasteiger partial charge in [0.1, 0.15) is 5.82 Å². The van der Waals surface area contributed by atoms with Gasteiger partial charge in [-0.3, -0.25) is 0 Å². The molecule has 0 aliphatic heterocycles. The lowest BCUT2D eigenvalue weighted by molar-refractivity contribution is 1.19. The van der Waals surface area contributed by atoms with E-state index in [1.165, 1.54) is 0 Å². The SMILES string of the molecule is Cc1cc(C#N)cc(Nc2cccc(Br)c2C)n1. The van der Waals surface area contributed by atoms with Crippen molar-refractivity contribution in [1.82, 2.24) is 4.98 Å². The van der Waals surface area contributed by atoms with Crippen molar-refractivity contribution >= 4 is 27.4 Å². The van der Waals surface area contributed by atoms with Gasteiger partial charge in [0.05, 0.1) is 11.6 Å². The molecular weight excluding hydrogens is 290 g/mol. The van der Waals surface area contributed by atoms with Crippen LogP contribution in [0.3, 0.4) is 0 Å². The first-order valence-corrected chi connectivity index (χ1v) is 6.30. The molecule has 1 N–H and O–H groups in total. The molecule has 0 saturated carbocycles. The molecule has 90 valence electrons. The normalized spacial score (nSPS) is 9.89. The summed E-state index contributed by atoms with van der Waals surface area (Å²) in [4.78, 5) is 4.37. The molecule has 3 nitrogen and oxygen atoms in total. The zero-order valence-electron chi connectivity index (χ0n) is 10.2. The Hall–Kier alpha value is -1.86. The summed E-state index contributed by atoms with van der Waals surface area (Å²) in [7, 11) is 0. The quantitative estimate of drug-likeness (QED) is 0.909. The van der Waals surface area contributed by atoms with Crippen molar-refractivity contribution in [1.29, 1.82) is 5.26 Å². The van der Waals surface area contributed by atoms with Crippen molar-refractivity contribution in [3.05, 3.63) is 51.6 Å². The van der Waals surface area contributed by atoms with Crippen LogP contribution in [0.15, 0.2) is 34.8 Å². The molecule has 0 radical (unpaired) electrons. The fourth-order valence-electron chi connectivity index (χ4n) is 1.68. The van der Waals surface area contributed by atoms with Crippen molar-refractivity contribution in [2.45, 2.75) is 13.8 Å². The number of halogens is 1. The van der Waals surface area contributed by atoms with E-state index in [2.05, 4.69) is 32.3 Å². The standard InChI is InChI=1S/C14H12BrN3/c1-9-6-11(8-16)7-14(17-9)18-13-5-3-4-12(15)10(13)2/h3-7H,1-2H3,(H,17,18). The fraction of sp³-hybridized carbons (Fsp3) is 0.143. The topological polar surface area (TPSA) is 48.7 Å². The van der Waals surface area contributed by atoms with E-state index in [0.717, 1.165) is 21.4 Å². The fourth-order valence-corrected chi connectivity index (χ4v) is 2.04. The smallest absolute Gasteiger partial charge is 0.131 e. The van der Waals surface area contributed by atoms with Crippen LogP contribution >= 0.6 is 15.9 Å². The summed E-state index contributed by atoms with van der Waals surface area (Å²) < 4.78 is 1.04. The number of nitriles is 1. The Morgan fingerprint density at radius 3 is 2.78 bits per heavy atom. The highest BCUT2D eigenvalue weighted by Gasteiger charge is 2.04. The van der Waals surface area contributed by atoms with E-state index in [1.807, 2.05) is 32.0 Å². The van der Waals surface area contributed by atoms with Crippen LogP contribution in [0.25, 0.3) is 0 Å². The van der Waals surface area contributed by atoms with Crippen LogP contribution in [0.4, 0.5) is 11.5 Å². The summed E-state index contributed by atoms with van der Waals surface area (Å²) in [5.41, 5.74) is 3.52. The van der Waals surface area contributed by atoms with Crippen LogP contribution in [0.2, 0.25) is 0 Å². The number of nitrogens with one attached hydrogen (secondary N) is 1. The summed E-state index contributed by atoms with van der Waals surface area (Å²) >= 11 is 3.49. The molecule has 0 fully saturated rings. The second kappa shape index (κ2) is 5.19. The third-order valence-electron chi connectivity index (χ3n) is 2.61. The highest BCUT2D eigenvalue weighted by molar-refractivity contribution is 9.10. The maximum atomic E-state index is 8.94. The molecule has 0 aliphatic carbocycles. The molecular formula is C14H12BrN3. The molecule has 2 rings (SSSR count). The molecule has 0 bridgehead atoms. The number of anilines is 2. The number of hydrogen-bond acceptors (Lipinski definition) is 3. The van der Waals surface area contributed by atoms with Gasteiger partial charge in [-0.15, -0.1) is 0 Å². The van der Waals surface area contributed by atoms with Crippen LogP contribution < -0.4 is 5.32 Å². The Morgan fingerprint density at radius 1 is 1.28 bits per heavy atom. The Kier molecular flexibility index (Phi) is 3.63. The molecule has 0 amide bonds. The van der Waals surface area contributed by atoms with Gasteiger partial charge in [0.15, 0.2) is 0 Å². The summed E-state index contributed by atoms with van der Waals surface area (Å²) in [6.45, 7) is 3.90. The summed E-state index contributed by atoms with van der Waals surface area (Å²) in [5, 5.41) is 12.2. The summed E-state index contributed by atoms with van der Waals surface area (Å²) in [6, 6.07) is 11.6. The number of aromatic nitrogens is 1. The molecule has 0 unspecified atom stereocenters. The Bertz CT molecular complexity index is 629. The van der Waals surface area contributed by atoms with Crippen molar-refractivity contribution < 1.29 is 0 Å². The summed E-state index contributed by atoms with van der Waals surface area (Å²) in [5.74, 6) is 0.688. The molecule has 1 aromatic carbocycles. The lowest BCUT2D eigenvalue weighted by Crippen LogP contribution is -1.98. The Labute approximate surface area is 115 Å². The minimum Gasteiger partial charge on any atom is -0.340 e. The van der Waals surface area contributed by atoms with Crippen LogP contribution in [-0.2, 0) is 0 Å². The Balaban J connectivity index is 2.37. The van der Waals surface area contributed by atoms with Gasteiger partial charge in [-0.05, 0) is 43.7 Å². The molecule has 4 heteroatoms. The molecule has 0 saturated heterocycles. The number of pyridine rings is 1. The number of rotatable bonds is 2. The van der Waals surface area contributed by atoms with Crippen molar-refractivity contribution in [2.75, 3.05) is 5.32 Å². The van der Waals surface area contributed by atoms with Crippen molar-refractivity contribution in [3.63, 3.8) is 0 Å². The van der Waals surface area contributed by atoms with Crippen LogP contribution in [0.1, 0.15) is 16.8 Å². The predicted molar refractivity (Wildman–Crippen MR) is 75.9 cm³/mol. The summed E-state index contributed by atoms with van der Waals surface area (Å²) in [6.07, 6.45) is 0. The zero-order valence-corrected chi connectivity index (χ0v) is 11.7. The lowest BCUT2D eigenvalue weighted by atomic mass is 10.2. The monoisotopic (exact) mass is 301 g/mol. The first-order chi connectivity index (χ1) is 8.60. The van der Waals surface area contributed by atoms with Crippen molar-refractivity contribution in [3.8, 4) is 6.07 Å². The number of benzene rings is 1. The number of aryl methyl sites for hydroxylation is 1. The van der Waals surface area contributed by atoms with Gasteiger partial charge in [0.2, 0.25) is 0 Å². The lowest BCUT2D eigenvalue weighted by Gasteiger charge is -2.10. The third kappa shape index (κ3) is 2.69. The molecule has 1 aromatic heterocycles. The van der Waals surface area contributed by atoms with E-state index in [4.69, 9.17) is 5.26 Å². The highest BCUT2D eigenvalue weighted by Crippen LogP contribution is 2.26. The Morgan fingerprint density at radius 2 is 2.06 bits per heavy atom. The molecule has 2 aromatic rings. The van der Waals surface area contributed by atoms with E-state index in [0.29, 0.717) is 11.4 Å². The van der Waals surface area contributed by atoms with Gasteiger partial charge < -0.3 is 5.32 Å². The minimum absolute atomic E-state index is 0.609. The van der Waals surface area contributed by atoms with E-state index in [-0.39, 0.29) is 0 Å². The van der Waals surface area contributed by atoms with Gasteiger partial charge >= 0.3 is 0 Å². The highest BCUT2D eigenvalue weighted by atomic mass is 79.9. The molecule has 0 aliphatic rings. The zero-order chi connectivity index (χ0) is 13.1. The molecule has 1 heterocycles. The van der Waals surface area contributed by atoms with Crippen LogP contribution in [0.5, 0.6) is 0 Å². The van der Waals surface area contributed by atoms with Crippen LogP contribution in [0, 0.1) is 25.2 Å². The largest absolute Gasteiger partial charge is 0.340 e. The molecule has 0 spiro atoms.